The van der Waals surface area contributed by atoms with E-state index in [0.717, 1.165) is 27.9 Å². The summed E-state index contributed by atoms with van der Waals surface area (Å²) in [4.78, 5) is 9.07. The zero-order valence-electron chi connectivity index (χ0n) is 15.0. The second-order valence-corrected chi connectivity index (χ2v) is 7.22. The van der Waals surface area contributed by atoms with Crippen LogP contribution in [0.15, 0.2) is 53.7 Å². The lowest BCUT2D eigenvalue weighted by Crippen LogP contribution is -1.96. The van der Waals surface area contributed by atoms with E-state index < -0.39 is 0 Å². The van der Waals surface area contributed by atoms with E-state index in [1.807, 2.05) is 32.0 Å². The molecule has 4 heteroatoms. The van der Waals surface area contributed by atoms with Gasteiger partial charge in [0.15, 0.2) is 5.16 Å². The van der Waals surface area contributed by atoms with Crippen LogP contribution < -0.4 is 4.74 Å². The number of nitrogens with zero attached hydrogens (tertiary/aromatic N) is 2. The standard InChI is InChI=1S/C21H22N2OS/c1-14-5-8-18(9-6-14)13-25-21-22-17(4)12-20(23-21)24-19-10-7-15(2)11-16(19)3/h5-12H,13H2,1-4H3. The van der Waals surface area contributed by atoms with E-state index in [2.05, 4.69) is 54.1 Å². The maximum Gasteiger partial charge on any atom is 0.223 e. The van der Waals surface area contributed by atoms with Crippen LogP contribution in [-0.2, 0) is 5.75 Å². The van der Waals surface area contributed by atoms with Crippen LogP contribution >= 0.6 is 11.8 Å². The van der Waals surface area contributed by atoms with Crippen molar-refractivity contribution < 1.29 is 4.74 Å². The van der Waals surface area contributed by atoms with Crippen molar-refractivity contribution in [2.75, 3.05) is 0 Å². The van der Waals surface area contributed by atoms with Crippen molar-refractivity contribution in [3.63, 3.8) is 0 Å². The summed E-state index contributed by atoms with van der Waals surface area (Å²) < 4.78 is 5.99. The van der Waals surface area contributed by atoms with Crippen molar-refractivity contribution in [2.45, 2.75) is 38.6 Å². The number of hydrogen-bond donors (Lipinski definition) is 0. The largest absolute Gasteiger partial charge is 0.439 e. The molecule has 2 aromatic carbocycles. The van der Waals surface area contributed by atoms with Crippen LogP contribution in [0.1, 0.15) is 27.9 Å². The Labute approximate surface area is 153 Å². The van der Waals surface area contributed by atoms with Crippen LogP contribution in [0.25, 0.3) is 0 Å². The first-order valence-corrected chi connectivity index (χ1v) is 9.27. The van der Waals surface area contributed by atoms with Crippen LogP contribution in [0.4, 0.5) is 0 Å². The molecule has 0 N–H and O–H groups in total. The molecule has 0 aliphatic carbocycles. The van der Waals surface area contributed by atoms with Gasteiger partial charge in [0.2, 0.25) is 5.88 Å². The molecular formula is C21H22N2OS. The zero-order valence-corrected chi connectivity index (χ0v) is 15.9. The highest BCUT2D eigenvalue weighted by molar-refractivity contribution is 7.98. The SMILES string of the molecule is Cc1ccc(CSc2nc(C)cc(Oc3ccc(C)cc3C)n2)cc1. The fourth-order valence-electron chi connectivity index (χ4n) is 2.49. The molecule has 25 heavy (non-hydrogen) atoms. The van der Waals surface area contributed by atoms with Gasteiger partial charge in [-0.3, -0.25) is 0 Å². The van der Waals surface area contributed by atoms with Crippen molar-refractivity contribution >= 4 is 11.8 Å². The summed E-state index contributed by atoms with van der Waals surface area (Å²) in [5.41, 5.74) is 5.76. The molecule has 0 aliphatic rings. The maximum absolute atomic E-state index is 5.99. The van der Waals surface area contributed by atoms with Gasteiger partial charge < -0.3 is 4.74 Å². The van der Waals surface area contributed by atoms with Gasteiger partial charge in [0.25, 0.3) is 0 Å². The van der Waals surface area contributed by atoms with Crippen molar-refractivity contribution in [1.29, 1.82) is 0 Å². The van der Waals surface area contributed by atoms with Crippen LogP contribution in [0.2, 0.25) is 0 Å². The third-order valence-corrected chi connectivity index (χ3v) is 4.76. The van der Waals surface area contributed by atoms with Gasteiger partial charge in [-0.1, -0.05) is 59.3 Å². The molecule has 0 atom stereocenters. The lowest BCUT2D eigenvalue weighted by Gasteiger charge is -2.10. The van der Waals surface area contributed by atoms with E-state index in [-0.39, 0.29) is 0 Å². The van der Waals surface area contributed by atoms with Crippen molar-refractivity contribution in [1.82, 2.24) is 9.97 Å². The molecule has 0 fully saturated rings. The average molecular weight is 350 g/mol. The Hall–Kier alpha value is -2.33. The van der Waals surface area contributed by atoms with Gasteiger partial charge in [0, 0.05) is 17.5 Å². The molecule has 0 radical (unpaired) electrons. The molecule has 1 heterocycles. The van der Waals surface area contributed by atoms with Gasteiger partial charge in [-0.2, -0.15) is 4.98 Å². The predicted octanol–water partition coefficient (Wildman–Crippen LogP) is 5.79. The molecule has 0 aliphatic heterocycles. The highest BCUT2D eigenvalue weighted by Gasteiger charge is 2.08. The summed E-state index contributed by atoms with van der Waals surface area (Å²) in [6.07, 6.45) is 0. The average Bonchev–Trinajstić information content (AvgIpc) is 2.56. The quantitative estimate of drug-likeness (QED) is 0.430. The summed E-state index contributed by atoms with van der Waals surface area (Å²) in [7, 11) is 0. The van der Waals surface area contributed by atoms with E-state index >= 15 is 0 Å². The predicted molar refractivity (Wildman–Crippen MR) is 103 cm³/mol. The normalized spacial score (nSPS) is 10.7. The highest BCUT2D eigenvalue weighted by atomic mass is 32.2. The molecule has 0 amide bonds. The fraction of sp³-hybridized carbons (Fsp3) is 0.238. The Morgan fingerprint density at radius 2 is 1.56 bits per heavy atom. The van der Waals surface area contributed by atoms with Crippen LogP contribution in [-0.4, -0.2) is 9.97 Å². The molecule has 3 rings (SSSR count). The molecular weight excluding hydrogens is 328 g/mol. The minimum absolute atomic E-state index is 0.589. The Balaban J connectivity index is 1.74. The summed E-state index contributed by atoms with van der Waals surface area (Å²) in [5.74, 6) is 2.26. The summed E-state index contributed by atoms with van der Waals surface area (Å²) in [6, 6.07) is 16.6. The molecule has 128 valence electrons. The van der Waals surface area contributed by atoms with Crippen LogP contribution in [0.3, 0.4) is 0 Å². The van der Waals surface area contributed by atoms with E-state index in [1.165, 1.54) is 16.7 Å². The molecule has 0 saturated carbocycles. The van der Waals surface area contributed by atoms with Gasteiger partial charge >= 0.3 is 0 Å². The number of hydrogen-bond acceptors (Lipinski definition) is 4. The van der Waals surface area contributed by atoms with E-state index in [9.17, 15) is 0 Å². The molecule has 3 nitrogen and oxygen atoms in total. The Bertz CT molecular complexity index is 876. The number of rotatable bonds is 5. The third-order valence-electron chi connectivity index (χ3n) is 3.84. The van der Waals surface area contributed by atoms with Crippen molar-refractivity contribution in [3.05, 3.63) is 76.5 Å². The smallest absolute Gasteiger partial charge is 0.223 e. The maximum atomic E-state index is 5.99. The van der Waals surface area contributed by atoms with Gasteiger partial charge in [-0.15, -0.1) is 0 Å². The lowest BCUT2D eigenvalue weighted by atomic mass is 10.1. The molecule has 0 spiro atoms. The molecule has 0 saturated heterocycles. The van der Waals surface area contributed by atoms with E-state index in [1.54, 1.807) is 11.8 Å². The number of aryl methyl sites for hydroxylation is 4. The van der Waals surface area contributed by atoms with Gasteiger partial charge in [-0.05, 0) is 44.9 Å². The number of thioether (sulfide) groups is 1. The fourth-order valence-corrected chi connectivity index (χ4v) is 3.34. The van der Waals surface area contributed by atoms with E-state index in [4.69, 9.17) is 4.74 Å². The Morgan fingerprint density at radius 3 is 2.28 bits per heavy atom. The molecule has 0 unspecified atom stereocenters. The van der Waals surface area contributed by atoms with Crippen molar-refractivity contribution in [3.8, 4) is 11.6 Å². The van der Waals surface area contributed by atoms with Crippen LogP contribution in [0, 0.1) is 27.7 Å². The number of benzene rings is 2. The molecule has 3 aromatic rings. The second-order valence-electron chi connectivity index (χ2n) is 6.28. The lowest BCUT2D eigenvalue weighted by molar-refractivity contribution is 0.451. The third kappa shape index (κ3) is 4.83. The zero-order chi connectivity index (χ0) is 17.8. The summed E-state index contributed by atoms with van der Waals surface area (Å²) in [6.45, 7) is 8.18. The Morgan fingerprint density at radius 1 is 0.840 bits per heavy atom. The first-order valence-electron chi connectivity index (χ1n) is 8.29. The topological polar surface area (TPSA) is 35.0 Å². The van der Waals surface area contributed by atoms with Gasteiger partial charge in [-0.25, -0.2) is 4.98 Å². The first-order chi connectivity index (χ1) is 12.0. The first kappa shape index (κ1) is 17.5. The minimum atomic E-state index is 0.589. The number of aromatic nitrogens is 2. The van der Waals surface area contributed by atoms with Crippen molar-refractivity contribution in [2.24, 2.45) is 0 Å². The summed E-state index contributed by atoms with van der Waals surface area (Å²) in [5, 5.41) is 0.736. The van der Waals surface area contributed by atoms with Gasteiger partial charge in [0.1, 0.15) is 5.75 Å². The van der Waals surface area contributed by atoms with E-state index in [0.29, 0.717) is 5.88 Å². The highest BCUT2D eigenvalue weighted by Crippen LogP contribution is 2.27. The number of ether oxygens (including phenoxy) is 1. The summed E-state index contributed by atoms with van der Waals surface area (Å²) >= 11 is 1.62. The van der Waals surface area contributed by atoms with Crippen LogP contribution in [0.5, 0.6) is 11.6 Å². The molecule has 0 bridgehead atoms. The second kappa shape index (κ2) is 7.70. The minimum Gasteiger partial charge on any atom is -0.439 e. The Kier molecular flexibility index (Phi) is 5.39. The molecule has 1 aromatic heterocycles. The van der Waals surface area contributed by atoms with Gasteiger partial charge in [0.05, 0.1) is 0 Å². The monoisotopic (exact) mass is 350 g/mol.